The van der Waals surface area contributed by atoms with E-state index in [1.807, 2.05) is 0 Å². The van der Waals surface area contributed by atoms with E-state index in [0.29, 0.717) is 17.0 Å². The molecule has 2 N–H and O–H groups in total. The molecule has 0 spiro atoms. The van der Waals surface area contributed by atoms with Crippen LogP contribution in [0.4, 0.5) is 30.4 Å². The van der Waals surface area contributed by atoms with Gasteiger partial charge in [-0.05, 0) is 16.8 Å². The normalized spacial score (nSPS) is 11.3. The molecule has 0 aliphatic carbocycles. The molecule has 0 atom stereocenters. The van der Waals surface area contributed by atoms with Crippen LogP contribution in [0.3, 0.4) is 0 Å². The zero-order valence-corrected chi connectivity index (χ0v) is 14.4. The number of amides is 2. The Morgan fingerprint density at radius 1 is 1.10 bits per heavy atom. The molecule has 0 unspecified atom stereocenters. The minimum absolute atomic E-state index is 0.194. The van der Waals surface area contributed by atoms with Crippen molar-refractivity contribution in [2.24, 2.45) is 0 Å². The van der Waals surface area contributed by atoms with E-state index >= 15 is 0 Å². The number of rotatable bonds is 3. The summed E-state index contributed by atoms with van der Waals surface area (Å²) in [5, 5.41) is 11.7. The Balaban J connectivity index is 2.20. The lowest BCUT2D eigenvalue weighted by Crippen LogP contribution is -2.46. The molecule has 0 saturated carbocycles. The summed E-state index contributed by atoms with van der Waals surface area (Å²) in [5.41, 5.74) is 4.15. The number of anilines is 2. The number of nitrogens with zero attached hydrogens (tertiary/aromatic N) is 3. The number of pyridine rings is 1. The maximum Gasteiger partial charge on any atom is 0.472 e. The van der Waals surface area contributed by atoms with Crippen LogP contribution in [-0.2, 0) is 4.79 Å². The number of nitro groups is 1. The van der Waals surface area contributed by atoms with E-state index in [4.69, 9.17) is 5.73 Å². The van der Waals surface area contributed by atoms with E-state index in [1.165, 1.54) is 18.2 Å². The number of hydrogen-bond acceptors (Lipinski definition) is 6. The first-order valence-corrected chi connectivity index (χ1v) is 7.94. The quantitative estimate of drug-likeness (QED) is 0.527. The Hall–Kier alpha value is -4.02. The lowest BCUT2D eigenvalue weighted by Gasteiger charge is -2.22. The largest absolute Gasteiger partial charge is 0.472 e. The number of hydrogen-bond donors (Lipinski definition) is 1. The lowest BCUT2D eigenvalue weighted by molar-refractivity contribution is -0.385. The van der Waals surface area contributed by atoms with Crippen molar-refractivity contribution in [3.63, 3.8) is 0 Å². The smallest absolute Gasteiger partial charge is 0.396 e. The summed E-state index contributed by atoms with van der Waals surface area (Å²) in [6.07, 6.45) is -4.81. The van der Waals surface area contributed by atoms with Gasteiger partial charge in [0.1, 0.15) is 6.20 Å². The van der Waals surface area contributed by atoms with Gasteiger partial charge in [-0.25, -0.2) is 9.88 Å². The van der Waals surface area contributed by atoms with E-state index in [9.17, 15) is 32.9 Å². The van der Waals surface area contributed by atoms with Crippen molar-refractivity contribution in [2.45, 2.75) is 6.18 Å². The number of carbonyl (C=O) groups is 2. The number of fused-ring (bicyclic) bond motifs is 1. The molecule has 2 aromatic carbocycles. The minimum atomic E-state index is -5.42. The zero-order chi connectivity index (χ0) is 21.3. The third-order valence-electron chi connectivity index (χ3n) is 3.97. The number of halogens is 3. The first kappa shape index (κ1) is 19.7. The Labute approximate surface area is 160 Å². The molecule has 148 valence electrons. The second-order valence-corrected chi connectivity index (χ2v) is 5.83. The average molecular weight is 404 g/mol. The molecule has 29 heavy (non-hydrogen) atoms. The number of nitrogen functional groups attached to an aromatic ring is 1. The topological polar surface area (TPSA) is 119 Å². The van der Waals surface area contributed by atoms with E-state index in [1.54, 1.807) is 24.3 Å². The zero-order valence-electron chi connectivity index (χ0n) is 14.4. The number of benzene rings is 2. The highest BCUT2D eigenvalue weighted by molar-refractivity contribution is 6.26. The lowest BCUT2D eigenvalue weighted by atomic mass is 10.0. The van der Waals surface area contributed by atoms with Crippen molar-refractivity contribution in [3.05, 3.63) is 70.4 Å². The van der Waals surface area contributed by atoms with Crippen molar-refractivity contribution < 1.29 is 27.7 Å². The van der Waals surface area contributed by atoms with Crippen molar-refractivity contribution in [1.29, 1.82) is 0 Å². The summed E-state index contributed by atoms with van der Waals surface area (Å²) in [6.45, 7) is 0. The number of imide groups is 1. The van der Waals surface area contributed by atoms with Crippen LogP contribution in [0.2, 0.25) is 0 Å². The number of alkyl halides is 3. The summed E-state index contributed by atoms with van der Waals surface area (Å²) in [7, 11) is 0. The van der Waals surface area contributed by atoms with E-state index < -0.39 is 40.1 Å². The van der Waals surface area contributed by atoms with Crippen LogP contribution < -0.4 is 10.6 Å². The van der Waals surface area contributed by atoms with Crippen molar-refractivity contribution in [3.8, 4) is 0 Å². The molecule has 0 aliphatic rings. The molecule has 0 fully saturated rings. The molecule has 0 saturated heterocycles. The van der Waals surface area contributed by atoms with Gasteiger partial charge in [0.05, 0.1) is 10.6 Å². The number of carbonyl (C=O) groups excluding carboxylic acids is 2. The highest BCUT2D eigenvalue weighted by Crippen LogP contribution is 2.31. The summed E-state index contributed by atoms with van der Waals surface area (Å²) < 4.78 is 39.6. The summed E-state index contributed by atoms with van der Waals surface area (Å²) in [5.74, 6) is -4.70. The Bertz CT molecular complexity index is 1140. The maximum atomic E-state index is 13.2. The monoisotopic (exact) mass is 404 g/mol. The highest BCUT2D eigenvalue weighted by atomic mass is 19.4. The van der Waals surface area contributed by atoms with Gasteiger partial charge in [0, 0.05) is 11.6 Å². The van der Waals surface area contributed by atoms with Gasteiger partial charge < -0.3 is 5.73 Å². The van der Waals surface area contributed by atoms with Gasteiger partial charge in [-0.1, -0.05) is 36.4 Å². The molecule has 0 aliphatic heterocycles. The van der Waals surface area contributed by atoms with E-state index in [-0.39, 0.29) is 10.5 Å². The van der Waals surface area contributed by atoms with Crippen molar-refractivity contribution in [2.75, 3.05) is 10.6 Å². The molecule has 8 nitrogen and oxygen atoms in total. The fourth-order valence-electron chi connectivity index (χ4n) is 2.69. The molecule has 2 amide bonds. The van der Waals surface area contributed by atoms with Crippen molar-refractivity contribution in [1.82, 2.24) is 4.98 Å². The van der Waals surface area contributed by atoms with E-state index in [2.05, 4.69) is 4.98 Å². The second kappa shape index (κ2) is 7.19. The molecule has 1 aromatic heterocycles. The number of nitrogens with two attached hydrogens (primary N) is 1. The second-order valence-electron chi connectivity index (χ2n) is 5.83. The standard InChI is InChI=1S/C18H11F3N4O4/c19-18(20,21)17(27)24(15-14(22)8-11(9-23-15)25(28)29)16(26)13-7-3-5-10-4-1-2-6-12(10)13/h1-9H,22H2. The highest BCUT2D eigenvalue weighted by Gasteiger charge is 2.47. The van der Waals surface area contributed by atoms with Gasteiger partial charge in [0.25, 0.3) is 11.6 Å². The average Bonchev–Trinajstić information content (AvgIpc) is 2.67. The van der Waals surface area contributed by atoms with Crippen LogP contribution in [0.5, 0.6) is 0 Å². The predicted molar refractivity (Wildman–Crippen MR) is 97.1 cm³/mol. The fraction of sp³-hybridized carbons (Fsp3) is 0.0556. The third kappa shape index (κ3) is 3.70. The van der Waals surface area contributed by atoms with Gasteiger partial charge in [0.2, 0.25) is 0 Å². The fourth-order valence-corrected chi connectivity index (χ4v) is 2.69. The first-order valence-electron chi connectivity index (χ1n) is 7.94. The minimum Gasteiger partial charge on any atom is -0.396 e. The molecular formula is C18H11F3N4O4. The molecule has 0 radical (unpaired) electrons. The molecule has 3 rings (SSSR count). The van der Waals surface area contributed by atoms with Crippen molar-refractivity contribution >= 4 is 39.8 Å². The Morgan fingerprint density at radius 3 is 2.38 bits per heavy atom. The Kier molecular flexibility index (Phi) is 4.89. The maximum absolute atomic E-state index is 13.2. The van der Waals surface area contributed by atoms with Gasteiger partial charge in [0.15, 0.2) is 5.82 Å². The van der Waals surface area contributed by atoms with Gasteiger partial charge in [-0.2, -0.15) is 13.2 Å². The van der Waals surface area contributed by atoms with Crippen LogP contribution in [0.15, 0.2) is 54.7 Å². The van der Waals surface area contributed by atoms with Gasteiger partial charge in [-0.3, -0.25) is 19.7 Å². The van der Waals surface area contributed by atoms with Crippen LogP contribution in [0.25, 0.3) is 10.8 Å². The van der Waals surface area contributed by atoms with Crippen LogP contribution in [0.1, 0.15) is 10.4 Å². The molecule has 3 aromatic rings. The SMILES string of the molecule is Nc1cc([N+](=O)[O-])cnc1N(C(=O)c1cccc2ccccc12)C(=O)C(F)(F)F. The summed E-state index contributed by atoms with van der Waals surface area (Å²) in [6, 6.07) is 11.4. The molecule has 1 heterocycles. The summed E-state index contributed by atoms with van der Waals surface area (Å²) in [4.78, 5) is 38.2. The first-order chi connectivity index (χ1) is 13.6. The van der Waals surface area contributed by atoms with Gasteiger partial charge >= 0.3 is 12.1 Å². The summed E-state index contributed by atoms with van der Waals surface area (Å²) >= 11 is 0. The van der Waals surface area contributed by atoms with Crippen LogP contribution in [0, 0.1) is 10.1 Å². The van der Waals surface area contributed by atoms with Crippen LogP contribution >= 0.6 is 0 Å². The molecular weight excluding hydrogens is 393 g/mol. The van der Waals surface area contributed by atoms with E-state index in [0.717, 1.165) is 6.07 Å². The third-order valence-corrected chi connectivity index (χ3v) is 3.97. The molecule has 0 bridgehead atoms. The van der Waals surface area contributed by atoms with Gasteiger partial charge in [-0.15, -0.1) is 0 Å². The number of aromatic nitrogens is 1. The Morgan fingerprint density at radius 2 is 1.76 bits per heavy atom. The predicted octanol–water partition coefficient (Wildman–Crippen LogP) is 3.46. The van der Waals surface area contributed by atoms with Crippen LogP contribution in [-0.4, -0.2) is 27.9 Å². The molecule has 11 heteroatoms.